The van der Waals surface area contributed by atoms with E-state index in [0.717, 1.165) is 44.5 Å². The van der Waals surface area contributed by atoms with Crippen LogP contribution in [0, 0.1) is 0 Å². The van der Waals surface area contributed by atoms with Gasteiger partial charge in [0.05, 0.1) is 13.1 Å². The lowest BCUT2D eigenvalue weighted by atomic mass is 9.84. The first-order valence-electron chi connectivity index (χ1n) is 10.2. The molecule has 154 valence electrons. The van der Waals surface area contributed by atoms with Gasteiger partial charge in [-0.3, -0.25) is 0 Å². The van der Waals surface area contributed by atoms with E-state index >= 15 is 0 Å². The van der Waals surface area contributed by atoms with Crippen LogP contribution in [0.4, 0.5) is 0 Å². The Labute approximate surface area is 186 Å². The molecule has 0 aliphatic heterocycles. The van der Waals surface area contributed by atoms with Crippen molar-refractivity contribution in [2.45, 2.75) is 13.1 Å². The topological polar surface area (TPSA) is 97.5 Å². The normalized spacial score (nSPS) is 10.1. The molecule has 0 radical (unpaired) electrons. The van der Waals surface area contributed by atoms with Crippen LogP contribution in [0.1, 0.15) is 11.1 Å². The zero-order chi connectivity index (χ0) is 22.2. The molecule has 0 saturated carbocycles. The van der Waals surface area contributed by atoms with E-state index in [9.17, 15) is 0 Å². The second-order valence-corrected chi connectivity index (χ2v) is 7.19. The van der Waals surface area contributed by atoms with E-state index in [1.165, 1.54) is 0 Å². The van der Waals surface area contributed by atoms with Crippen molar-refractivity contribution in [3.8, 4) is 33.4 Å². The predicted molar refractivity (Wildman–Crippen MR) is 128 cm³/mol. The van der Waals surface area contributed by atoms with Crippen molar-refractivity contribution >= 4 is 0 Å². The summed E-state index contributed by atoms with van der Waals surface area (Å²) in [6.07, 6.45) is 0. The van der Waals surface area contributed by atoms with Gasteiger partial charge in [0.1, 0.15) is 0 Å². The van der Waals surface area contributed by atoms with Crippen LogP contribution in [-0.2, 0) is 13.1 Å². The quantitative estimate of drug-likeness (QED) is 0.164. The van der Waals surface area contributed by atoms with Crippen LogP contribution in [0.25, 0.3) is 54.3 Å². The first-order chi connectivity index (χ1) is 15.8. The van der Waals surface area contributed by atoms with Gasteiger partial charge in [0.25, 0.3) is 0 Å². The van der Waals surface area contributed by atoms with Gasteiger partial charge in [0, 0.05) is 9.82 Å². The largest absolute Gasteiger partial charge is 0.0893 e. The molecular formula is C26H20N6. The number of benzene rings is 4. The third-order valence-electron chi connectivity index (χ3n) is 5.35. The minimum Gasteiger partial charge on any atom is -0.0893 e. The molecule has 0 amide bonds. The van der Waals surface area contributed by atoms with Crippen molar-refractivity contribution in [1.29, 1.82) is 0 Å². The van der Waals surface area contributed by atoms with E-state index in [1.54, 1.807) is 0 Å². The summed E-state index contributed by atoms with van der Waals surface area (Å²) in [6.45, 7) is 0.525. The van der Waals surface area contributed by atoms with Crippen LogP contribution in [0.3, 0.4) is 0 Å². The molecule has 0 bridgehead atoms. The fourth-order valence-corrected chi connectivity index (χ4v) is 3.96. The summed E-state index contributed by atoms with van der Waals surface area (Å²) in [6, 6.07) is 32.4. The lowest BCUT2D eigenvalue weighted by Gasteiger charge is -2.20. The van der Waals surface area contributed by atoms with Crippen molar-refractivity contribution < 1.29 is 0 Å². The van der Waals surface area contributed by atoms with Crippen LogP contribution in [0.15, 0.2) is 107 Å². The highest BCUT2D eigenvalue weighted by atomic mass is 15.1. The van der Waals surface area contributed by atoms with Crippen molar-refractivity contribution in [2.75, 3.05) is 0 Å². The number of nitrogens with zero attached hydrogens (tertiary/aromatic N) is 6. The third-order valence-corrected chi connectivity index (χ3v) is 5.35. The van der Waals surface area contributed by atoms with E-state index in [1.807, 2.05) is 66.7 Å². The summed E-state index contributed by atoms with van der Waals surface area (Å²) in [5, 5.41) is 7.61. The highest BCUT2D eigenvalue weighted by molar-refractivity contribution is 5.96. The van der Waals surface area contributed by atoms with Gasteiger partial charge in [-0.15, -0.1) is 0 Å². The molecule has 4 aromatic rings. The lowest BCUT2D eigenvalue weighted by molar-refractivity contribution is 1.05. The molecule has 0 fully saturated rings. The summed E-state index contributed by atoms with van der Waals surface area (Å²) in [5.74, 6) is 0. The Hall–Kier alpha value is -4.50. The maximum Gasteiger partial charge on any atom is 0.0517 e. The van der Waals surface area contributed by atoms with Crippen molar-refractivity contribution in [1.82, 2.24) is 0 Å². The average molecular weight is 416 g/mol. The smallest absolute Gasteiger partial charge is 0.0517 e. The Balaban J connectivity index is 2.05. The maximum absolute atomic E-state index is 8.89. The summed E-state index contributed by atoms with van der Waals surface area (Å²) in [5.41, 5.74) is 25.9. The lowest BCUT2D eigenvalue weighted by Crippen LogP contribution is -1.96. The second kappa shape index (κ2) is 10.0. The Kier molecular flexibility index (Phi) is 6.49. The number of hydrogen-bond acceptors (Lipinski definition) is 2. The molecule has 0 spiro atoms. The molecule has 0 saturated heterocycles. The highest BCUT2D eigenvalue weighted by Gasteiger charge is 2.17. The van der Waals surface area contributed by atoms with E-state index in [2.05, 4.69) is 50.4 Å². The molecule has 0 unspecified atom stereocenters. The van der Waals surface area contributed by atoms with Gasteiger partial charge >= 0.3 is 0 Å². The van der Waals surface area contributed by atoms with Gasteiger partial charge in [-0.1, -0.05) is 107 Å². The fourth-order valence-electron chi connectivity index (χ4n) is 3.96. The molecule has 0 atom stereocenters. The molecule has 0 N–H and O–H groups in total. The monoisotopic (exact) mass is 416 g/mol. The van der Waals surface area contributed by atoms with Crippen LogP contribution >= 0.6 is 0 Å². The van der Waals surface area contributed by atoms with Gasteiger partial charge < -0.3 is 0 Å². The molecule has 32 heavy (non-hydrogen) atoms. The SMILES string of the molecule is [N-]=[N+]=NCc1ccccc1-c1cccc(-c2ccccc2)c1-c1ccccc1CN=[N+]=[N-]. The Morgan fingerprint density at radius 3 is 1.66 bits per heavy atom. The van der Waals surface area contributed by atoms with E-state index < -0.39 is 0 Å². The number of rotatable bonds is 7. The van der Waals surface area contributed by atoms with Crippen LogP contribution in [0.5, 0.6) is 0 Å². The molecular weight excluding hydrogens is 396 g/mol. The Morgan fingerprint density at radius 2 is 1.00 bits per heavy atom. The fraction of sp³-hybridized carbons (Fsp3) is 0.0769. The summed E-state index contributed by atoms with van der Waals surface area (Å²) >= 11 is 0. The molecule has 6 heteroatoms. The van der Waals surface area contributed by atoms with E-state index in [-0.39, 0.29) is 13.1 Å². The van der Waals surface area contributed by atoms with E-state index in [0.29, 0.717) is 0 Å². The van der Waals surface area contributed by atoms with Gasteiger partial charge in [-0.2, -0.15) is 0 Å². The standard InChI is InChI=1S/C26H20N6/c27-31-29-17-20-11-4-6-13-22(20)25-16-8-15-23(19-9-2-1-3-10-19)26(25)24-14-7-5-12-21(24)18-30-32-28/h1-16H,17-18H2. The predicted octanol–water partition coefficient (Wildman–Crippen LogP) is 8.31. The Bertz CT molecular complexity index is 1330. The molecule has 6 nitrogen and oxygen atoms in total. The molecule has 4 aromatic carbocycles. The second-order valence-electron chi connectivity index (χ2n) is 7.19. The summed E-state index contributed by atoms with van der Waals surface area (Å²) in [7, 11) is 0. The van der Waals surface area contributed by atoms with Crippen molar-refractivity contribution in [3.63, 3.8) is 0 Å². The zero-order valence-electron chi connectivity index (χ0n) is 17.3. The first kappa shape index (κ1) is 20.8. The maximum atomic E-state index is 8.89. The van der Waals surface area contributed by atoms with Gasteiger partial charge in [-0.25, -0.2) is 0 Å². The highest BCUT2D eigenvalue weighted by Crippen LogP contribution is 2.42. The van der Waals surface area contributed by atoms with Crippen LogP contribution in [0.2, 0.25) is 0 Å². The number of hydrogen-bond donors (Lipinski definition) is 0. The number of azide groups is 2. The Morgan fingerprint density at radius 1 is 0.500 bits per heavy atom. The summed E-state index contributed by atoms with van der Waals surface area (Å²) < 4.78 is 0. The van der Waals surface area contributed by atoms with Crippen LogP contribution < -0.4 is 0 Å². The average Bonchev–Trinajstić information content (AvgIpc) is 2.86. The van der Waals surface area contributed by atoms with Crippen LogP contribution in [-0.4, -0.2) is 0 Å². The molecule has 0 aromatic heterocycles. The van der Waals surface area contributed by atoms with Crippen molar-refractivity contribution in [2.24, 2.45) is 10.2 Å². The van der Waals surface area contributed by atoms with Gasteiger partial charge in [-0.05, 0) is 55.6 Å². The molecule has 0 aliphatic rings. The molecule has 4 rings (SSSR count). The molecule has 0 heterocycles. The zero-order valence-corrected chi connectivity index (χ0v) is 17.3. The minimum atomic E-state index is 0.260. The molecule has 0 aliphatic carbocycles. The van der Waals surface area contributed by atoms with Gasteiger partial charge in [0.15, 0.2) is 0 Å². The third kappa shape index (κ3) is 4.32. The summed E-state index contributed by atoms with van der Waals surface area (Å²) in [4.78, 5) is 5.89. The minimum absolute atomic E-state index is 0.260. The van der Waals surface area contributed by atoms with Gasteiger partial charge in [0.2, 0.25) is 0 Å². The van der Waals surface area contributed by atoms with Crippen molar-refractivity contribution in [3.05, 3.63) is 129 Å². The first-order valence-corrected chi connectivity index (χ1v) is 10.2. The van der Waals surface area contributed by atoms with E-state index in [4.69, 9.17) is 11.1 Å².